The van der Waals surface area contributed by atoms with Gasteiger partial charge in [0.15, 0.2) is 0 Å². The summed E-state index contributed by atoms with van der Waals surface area (Å²) in [5.41, 5.74) is 4.06. The molecule has 0 spiro atoms. The minimum absolute atomic E-state index is 0.421. The summed E-state index contributed by atoms with van der Waals surface area (Å²) in [6, 6.07) is 15.8. The van der Waals surface area contributed by atoms with Gasteiger partial charge in [0.05, 0.1) is 0 Å². The molecular weight excluding hydrogens is 262 g/mol. The maximum atomic E-state index is 3.40. The minimum Gasteiger partial charge on any atom is -0.313 e. The van der Waals surface area contributed by atoms with Gasteiger partial charge in [-0.2, -0.15) is 0 Å². The number of aryl methyl sites for hydroxylation is 2. The van der Waals surface area contributed by atoms with Gasteiger partial charge in [0, 0.05) is 15.8 Å². The van der Waals surface area contributed by atoms with Crippen molar-refractivity contribution >= 4 is 11.8 Å². The minimum atomic E-state index is 0.421. The van der Waals surface area contributed by atoms with Crippen molar-refractivity contribution in [1.82, 2.24) is 5.32 Å². The zero-order valence-electron chi connectivity index (χ0n) is 12.7. The zero-order chi connectivity index (χ0) is 14.5. The summed E-state index contributed by atoms with van der Waals surface area (Å²) >= 11 is 1.87. The van der Waals surface area contributed by atoms with E-state index in [0.29, 0.717) is 6.04 Å². The Morgan fingerprint density at radius 3 is 2.45 bits per heavy atom. The highest BCUT2D eigenvalue weighted by atomic mass is 32.2. The second kappa shape index (κ2) is 6.96. The number of rotatable bonds is 5. The van der Waals surface area contributed by atoms with Gasteiger partial charge in [-0.3, -0.25) is 0 Å². The van der Waals surface area contributed by atoms with E-state index in [2.05, 4.69) is 68.6 Å². The summed E-state index contributed by atoms with van der Waals surface area (Å²) in [6.45, 7) is 6.55. The molecule has 1 atom stereocenters. The second-order valence-corrected chi connectivity index (χ2v) is 6.24. The van der Waals surface area contributed by atoms with Crippen LogP contribution in [0.2, 0.25) is 0 Å². The monoisotopic (exact) mass is 285 g/mol. The summed E-state index contributed by atoms with van der Waals surface area (Å²) in [5, 5.41) is 3.40. The van der Waals surface area contributed by atoms with Crippen LogP contribution in [0, 0.1) is 13.8 Å². The fraction of sp³-hybridized carbons (Fsp3) is 0.333. The van der Waals surface area contributed by atoms with Crippen LogP contribution in [0.4, 0.5) is 0 Å². The van der Waals surface area contributed by atoms with Crippen molar-refractivity contribution in [3.05, 3.63) is 59.2 Å². The molecule has 0 aliphatic rings. The van der Waals surface area contributed by atoms with Crippen molar-refractivity contribution in [3.63, 3.8) is 0 Å². The predicted molar refractivity (Wildman–Crippen MR) is 88.6 cm³/mol. The molecule has 2 heteroatoms. The van der Waals surface area contributed by atoms with E-state index < -0.39 is 0 Å². The second-order valence-electron chi connectivity index (χ2n) is 5.16. The summed E-state index contributed by atoms with van der Waals surface area (Å²) in [6.07, 6.45) is 1.10. The van der Waals surface area contributed by atoms with Crippen molar-refractivity contribution < 1.29 is 0 Å². The molecule has 2 aromatic carbocycles. The standard InChI is InChI=1S/C18H23NS/c1-5-16(19-4)15-8-6-7-9-18(15)20-17-11-10-13(2)12-14(17)3/h6-12,16,19H,5H2,1-4H3. The molecule has 0 amide bonds. The molecule has 0 saturated carbocycles. The van der Waals surface area contributed by atoms with E-state index in [-0.39, 0.29) is 0 Å². The van der Waals surface area contributed by atoms with E-state index >= 15 is 0 Å². The van der Waals surface area contributed by atoms with Crippen molar-refractivity contribution in [1.29, 1.82) is 0 Å². The van der Waals surface area contributed by atoms with Crippen LogP contribution in [0.1, 0.15) is 36.1 Å². The average Bonchev–Trinajstić information content (AvgIpc) is 2.45. The molecule has 0 aliphatic carbocycles. The maximum Gasteiger partial charge on any atom is 0.0326 e. The van der Waals surface area contributed by atoms with E-state index in [9.17, 15) is 0 Å². The van der Waals surface area contributed by atoms with E-state index in [1.54, 1.807) is 0 Å². The fourth-order valence-corrected chi connectivity index (χ4v) is 3.54. The number of benzene rings is 2. The molecule has 2 rings (SSSR count). The lowest BCUT2D eigenvalue weighted by Gasteiger charge is -2.18. The number of hydrogen-bond acceptors (Lipinski definition) is 2. The Kier molecular flexibility index (Phi) is 5.27. The van der Waals surface area contributed by atoms with Crippen molar-refractivity contribution in [2.45, 2.75) is 43.0 Å². The Hall–Kier alpha value is -1.25. The Bertz CT molecular complexity index is 573. The molecular formula is C18H23NS. The van der Waals surface area contributed by atoms with Crippen LogP contribution >= 0.6 is 11.8 Å². The Balaban J connectivity index is 2.33. The first-order valence-corrected chi connectivity index (χ1v) is 7.98. The van der Waals surface area contributed by atoms with Gasteiger partial charge in [-0.05, 0) is 50.6 Å². The van der Waals surface area contributed by atoms with Gasteiger partial charge in [0.25, 0.3) is 0 Å². The van der Waals surface area contributed by atoms with Crippen LogP contribution in [0.25, 0.3) is 0 Å². The van der Waals surface area contributed by atoms with Crippen LogP contribution in [0.3, 0.4) is 0 Å². The summed E-state index contributed by atoms with van der Waals surface area (Å²) < 4.78 is 0. The highest BCUT2D eigenvalue weighted by molar-refractivity contribution is 7.99. The number of hydrogen-bond donors (Lipinski definition) is 1. The lowest BCUT2D eigenvalue weighted by atomic mass is 10.1. The third-order valence-electron chi connectivity index (χ3n) is 3.60. The van der Waals surface area contributed by atoms with Crippen LogP contribution < -0.4 is 5.32 Å². The molecule has 1 nitrogen and oxygen atoms in total. The van der Waals surface area contributed by atoms with E-state index in [4.69, 9.17) is 0 Å². The van der Waals surface area contributed by atoms with Crippen molar-refractivity contribution in [3.8, 4) is 0 Å². The molecule has 0 aromatic heterocycles. The van der Waals surface area contributed by atoms with Crippen LogP contribution in [-0.2, 0) is 0 Å². The topological polar surface area (TPSA) is 12.0 Å². The highest BCUT2D eigenvalue weighted by Crippen LogP contribution is 2.35. The van der Waals surface area contributed by atoms with Gasteiger partial charge in [-0.1, -0.05) is 54.6 Å². The normalized spacial score (nSPS) is 12.4. The van der Waals surface area contributed by atoms with Gasteiger partial charge in [-0.25, -0.2) is 0 Å². The summed E-state index contributed by atoms with van der Waals surface area (Å²) in [4.78, 5) is 2.69. The van der Waals surface area contributed by atoms with Gasteiger partial charge >= 0.3 is 0 Å². The van der Waals surface area contributed by atoms with Gasteiger partial charge in [0.2, 0.25) is 0 Å². The van der Waals surface area contributed by atoms with E-state index in [0.717, 1.165) is 6.42 Å². The number of nitrogens with one attached hydrogen (secondary N) is 1. The van der Waals surface area contributed by atoms with Crippen LogP contribution in [-0.4, -0.2) is 7.05 Å². The van der Waals surface area contributed by atoms with Crippen LogP contribution in [0.15, 0.2) is 52.3 Å². The van der Waals surface area contributed by atoms with Gasteiger partial charge in [0.1, 0.15) is 0 Å². The largest absolute Gasteiger partial charge is 0.313 e. The lowest BCUT2D eigenvalue weighted by molar-refractivity contribution is 0.568. The SMILES string of the molecule is CCC(NC)c1ccccc1Sc1ccc(C)cc1C. The molecule has 0 heterocycles. The van der Waals surface area contributed by atoms with E-state index in [1.165, 1.54) is 26.5 Å². The zero-order valence-corrected chi connectivity index (χ0v) is 13.6. The Labute approximate surface area is 126 Å². The molecule has 0 fully saturated rings. The molecule has 20 heavy (non-hydrogen) atoms. The lowest BCUT2D eigenvalue weighted by Crippen LogP contribution is -2.15. The first-order valence-electron chi connectivity index (χ1n) is 7.17. The average molecular weight is 285 g/mol. The molecule has 0 radical (unpaired) electrons. The van der Waals surface area contributed by atoms with Gasteiger partial charge < -0.3 is 5.32 Å². The molecule has 0 saturated heterocycles. The fourth-order valence-electron chi connectivity index (χ4n) is 2.47. The molecule has 1 unspecified atom stereocenters. The third-order valence-corrected chi connectivity index (χ3v) is 4.87. The molecule has 0 bridgehead atoms. The Morgan fingerprint density at radius 2 is 1.80 bits per heavy atom. The Morgan fingerprint density at radius 1 is 1.05 bits per heavy atom. The third kappa shape index (κ3) is 3.44. The molecule has 106 valence electrons. The molecule has 0 aliphatic heterocycles. The molecule has 2 aromatic rings. The van der Waals surface area contributed by atoms with Crippen molar-refractivity contribution in [2.24, 2.45) is 0 Å². The first kappa shape index (κ1) is 15.1. The molecule has 1 N–H and O–H groups in total. The predicted octanol–water partition coefficient (Wildman–Crippen LogP) is 5.13. The quantitative estimate of drug-likeness (QED) is 0.817. The summed E-state index contributed by atoms with van der Waals surface area (Å²) in [5.74, 6) is 0. The smallest absolute Gasteiger partial charge is 0.0326 e. The van der Waals surface area contributed by atoms with Gasteiger partial charge in [-0.15, -0.1) is 0 Å². The highest BCUT2D eigenvalue weighted by Gasteiger charge is 2.12. The maximum absolute atomic E-state index is 3.40. The van der Waals surface area contributed by atoms with Crippen LogP contribution in [0.5, 0.6) is 0 Å². The van der Waals surface area contributed by atoms with Crippen molar-refractivity contribution in [2.75, 3.05) is 7.05 Å². The summed E-state index contributed by atoms with van der Waals surface area (Å²) in [7, 11) is 2.03. The first-order chi connectivity index (χ1) is 9.65. The van der Waals surface area contributed by atoms with E-state index in [1.807, 2.05) is 18.8 Å².